The molecule has 98 valence electrons. The number of hydrogen-bond donors (Lipinski definition) is 0. The molecule has 0 bridgehead atoms. The summed E-state index contributed by atoms with van der Waals surface area (Å²) < 4.78 is 37.4. The lowest BCUT2D eigenvalue weighted by molar-refractivity contribution is -0.191. The van der Waals surface area contributed by atoms with E-state index in [0.29, 0.717) is 26.0 Å². The predicted octanol–water partition coefficient (Wildman–Crippen LogP) is 2.52. The third-order valence-electron chi connectivity index (χ3n) is 3.54. The number of rotatable bonds is 1. The lowest BCUT2D eigenvalue weighted by atomic mass is 9.81. The van der Waals surface area contributed by atoms with Crippen molar-refractivity contribution in [3.8, 4) is 0 Å². The SMILES string of the molecule is O=C(C1CCC(C(F)(F)F)CC1)N1CCCO1. The van der Waals surface area contributed by atoms with Gasteiger partial charge in [-0.3, -0.25) is 9.63 Å². The highest BCUT2D eigenvalue weighted by Crippen LogP contribution is 2.40. The zero-order valence-electron chi connectivity index (χ0n) is 9.50. The highest BCUT2D eigenvalue weighted by atomic mass is 19.4. The minimum atomic E-state index is -4.11. The fourth-order valence-corrected chi connectivity index (χ4v) is 2.49. The van der Waals surface area contributed by atoms with Crippen LogP contribution in [0.4, 0.5) is 13.2 Å². The Labute approximate surface area is 97.9 Å². The monoisotopic (exact) mass is 251 g/mol. The molecule has 1 heterocycles. The van der Waals surface area contributed by atoms with Crippen molar-refractivity contribution < 1.29 is 22.8 Å². The summed E-state index contributed by atoms with van der Waals surface area (Å²) in [4.78, 5) is 17.0. The molecule has 0 atom stereocenters. The smallest absolute Gasteiger partial charge is 0.272 e. The zero-order chi connectivity index (χ0) is 12.5. The fraction of sp³-hybridized carbons (Fsp3) is 0.909. The first-order valence-electron chi connectivity index (χ1n) is 5.99. The van der Waals surface area contributed by atoms with Crippen LogP contribution in [0.1, 0.15) is 32.1 Å². The van der Waals surface area contributed by atoms with Gasteiger partial charge in [-0.2, -0.15) is 13.2 Å². The van der Waals surface area contributed by atoms with Crippen molar-refractivity contribution in [1.82, 2.24) is 5.06 Å². The van der Waals surface area contributed by atoms with Crippen molar-refractivity contribution in [3.63, 3.8) is 0 Å². The maximum absolute atomic E-state index is 12.5. The van der Waals surface area contributed by atoms with Gasteiger partial charge in [0.2, 0.25) is 5.91 Å². The highest BCUT2D eigenvalue weighted by Gasteiger charge is 2.43. The van der Waals surface area contributed by atoms with Crippen molar-refractivity contribution >= 4 is 5.91 Å². The van der Waals surface area contributed by atoms with Crippen LogP contribution in [0.15, 0.2) is 0 Å². The molecular weight excluding hydrogens is 235 g/mol. The number of nitrogens with zero attached hydrogens (tertiary/aromatic N) is 1. The number of alkyl halides is 3. The molecule has 1 aliphatic carbocycles. The van der Waals surface area contributed by atoms with Crippen LogP contribution < -0.4 is 0 Å². The summed E-state index contributed by atoms with van der Waals surface area (Å²) in [6.07, 6.45) is -2.53. The predicted molar refractivity (Wildman–Crippen MR) is 53.8 cm³/mol. The first-order chi connectivity index (χ1) is 7.98. The van der Waals surface area contributed by atoms with Gasteiger partial charge in [-0.15, -0.1) is 0 Å². The number of hydrogen-bond acceptors (Lipinski definition) is 2. The normalized spacial score (nSPS) is 30.6. The van der Waals surface area contributed by atoms with Crippen LogP contribution in [0.5, 0.6) is 0 Å². The Morgan fingerprint density at radius 2 is 1.82 bits per heavy atom. The third-order valence-corrected chi connectivity index (χ3v) is 3.54. The molecule has 2 rings (SSSR count). The first-order valence-corrected chi connectivity index (χ1v) is 5.99. The maximum Gasteiger partial charge on any atom is 0.391 e. The second kappa shape index (κ2) is 4.84. The van der Waals surface area contributed by atoms with Crippen LogP contribution in [-0.2, 0) is 9.63 Å². The van der Waals surface area contributed by atoms with E-state index in [9.17, 15) is 18.0 Å². The Hall–Kier alpha value is -0.780. The van der Waals surface area contributed by atoms with Gasteiger partial charge in [-0.1, -0.05) is 0 Å². The van der Waals surface area contributed by atoms with Crippen LogP contribution in [0.25, 0.3) is 0 Å². The molecule has 1 aliphatic heterocycles. The minimum Gasteiger partial charge on any atom is -0.272 e. The van der Waals surface area contributed by atoms with E-state index in [4.69, 9.17) is 4.84 Å². The van der Waals surface area contributed by atoms with E-state index >= 15 is 0 Å². The van der Waals surface area contributed by atoms with Crippen LogP contribution in [0.3, 0.4) is 0 Å². The fourth-order valence-electron chi connectivity index (χ4n) is 2.49. The van der Waals surface area contributed by atoms with Crippen molar-refractivity contribution in [2.75, 3.05) is 13.2 Å². The molecule has 3 nitrogen and oxygen atoms in total. The van der Waals surface area contributed by atoms with Crippen LogP contribution in [0, 0.1) is 11.8 Å². The molecule has 0 N–H and O–H groups in total. The van der Waals surface area contributed by atoms with E-state index in [1.165, 1.54) is 5.06 Å². The number of hydroxylamine groups is 2. The van der Waals surface area contributed by atoms with Crippen molar-refractivity contribution in [3.05, 3.63) is 0 Å². The molecule has 1 saturated heterocycles. The average molecular weight is 251 g/mol. The summed E-state index contributed by atoms with van der Waals surface area (Å²) in [5.74, 6) is -1.65. The number of carbonyl (C=O) groups is 1. The molecule has 0 unspecified atom stereocenters. The average Bonchev–Trinajstić information content (AvgIpc) is 2.80. The second-order valence-corrected chi connectivity index (χ2v) is 4.72. The summed E-state index contributed by atoms with van der Waals surface area (Å²) in [6.45, 7) is 1.10. The van der Waals surface area contributed by atoms with Gasteiger partial charge < -0.3 is 0 Å². The largest absolute Gasteiger partial charge is 0.391 e. The van der Waals surface area contributed by atoms with Gasteiger partial charge in [-0.25, -0.2) is 5.06 Å². The van der Waals surface area contributed by atoms with Gasteiger partial charge in [0, 0.05) is 5.92 Å². The summed E-state index contributed by atoms with van der Waals surface area (Å²) >= 11 is 0. The van der Waals surface area contributed by atoms with Gasteiger partial charge in [0.1, 0.15) is 0 Å². The highest BCUT2D eigenvalue weighted by molar-refractivity contribution is 5.78. The molecule has 2 fully saturated rings. The summed E-state index contributed by atoms with van der Waals surface area (Å²) in [5, 5.41) is 1.32. The van der Waals surface area contributed by atoms with Gasteiger partial charge in [-0.05, 0) is 32.1 Å². The molecule has 0 spiro atoms. The standard InChI is InChI=1S/C11H16F3NO2/c12-11(13,14)9-4-2-8(3-5-9)10(16)15-6-1-7-17-15/h8-9H,1-7H2. The van der Waals surface area contributed by atoms with Crippen molar-refractivity contribution in [1.29, 1.82) is 0 Å². The Kier molecular flexibility index (Phi) is 3.61. The third kappa shape index (κ3) is 2.91. The summed E-state index contributed by atoms with van der Waals surface area (Å²) in [5.41, 5.74) is 0. The number of amides is 1. The van der Waals surface area contributed by atoms with E-state index in [2.05, 4.69) is 0 Å². The van der Waals surface area contributed by atoms with E-state index < -0.39 is 12.1 Å². The molecular formula is C11H16F3NO2. The first kappa shape index (κ1) is 12.7. The van der Waals surface area contributed by atoms with Gasteiger partial charge in [0.25, 0.3) is 0 Å². The Morgan fingerprint density at radius 1 is 1.18 bits per heavy atom. The Morgan fingerprint density at radius 3 is 2.29 bits per heavy atom. The molecule has 17 heavy (non-hydrogen) atoms. The number of carbonyl (C=O) groups excluding carboxylic acids is 1. The van der Waals surface area contributed by atoms with Crippen LogP contribution in [0.2, 0.25) is 0 Å². The molecule has 0 aromatic carbocycles. The van der Waals surface area contributed by atoms with E-state index in [0.717, 1.165) is 6.42 Å². The van der Waals surface area contributed by atoms with Crippen molar-refractivity contribution in [2.45, 2.75) is 38.3 Å². The molecule has 1 amide bonds. The van der Waals surface area contributed by atoms with Crippen LogP contribution >= 0.6 is 0 Å². The quantitative estimate of drug-likeness (QED) is 0.716. The number of halogens is 3. The summed E-state index contributed by atoms with van der Waals surface area (Å²) in [6, 6.07) is 0. The lowest BCUT2D eigenvalue weighted by Gasteiger charge is -2.30. The minimum absolute atomic E-state index is 0.0632. The summed E-state index contributed by atoms with van der Waals surface area (Å²) in [7, 11) is 0. The van der Waals surface area contributed by atoms with E-state index in [-0.39, 0.29) is 24.7 Å². The van der Waals surface area contributed by atoms with Gasteiger partial charge in [0.05, 0.1) is 19.1 Å². The van der Waals surface area contributed by atoms with Gasteiger partial charge in [0.15, 0.2) is 0 Å². The Balaban J connectivity index is 1.84. The Bertz CT molecular complexity index is 279. The molecule has 0 aromatic heterocycles. The lowest BCUT2D eigenvalue weighted by Crippen LogP contribution is -2.37. The topological polar surface area (TPSA) is 29.5 Å². The van der Waals surface area contributed by atoms with Crippen molar-refractivity contribution in [2.24, 2.45) is 11.8 Å². The molecule has 0 radical (unpaired) electrons. The maximum atomic E-state index is 12.5. The van der Waals surface area contributed by atoms with Crippen LogP contribution in [-0.4, -0.2) is 30.3 Å². The molecule has 0 aromatic rings. The van der Waals surface area contributed by atoms with Gasteiger partial charge >= 0.3 is 6.18 Å². The molecule has 1 saturated carbocycles. The van der Waals surface area contributed by atoms with E-state index in [1.807, 2.05) is 0 Å². The molecule has 6 heteroatoms. The molecule has 2 aliphatic rings. The van der Waals surface area contributed by atoms with E-state index in [1.54, 1.807) is 0 Å². The zero-order valence-corrected chi connectivity index (χ0v) is 9.50. The second-order valence-electron chi connectivity index (χ2n) is 4.72.